The molecular formula is C10H11ClIN5O. The van der Waals surface area contributed by atoms with Crippen molar-refractivity contribution in [1.82, 2.24) is 19.5 Å². The van der Waals surface area contributed by atoms with E-state index in [1.807, 2.05) is 11.6 Å². The van der Waals surface area contributed by atoms with E-state index in [1.54, 1.807) is 0 Å². The van der Waals surface area contributed by atoms with Crippen molar-refractivity contribution in [3.63, 3.8) is 0 Å². The van der Waals surface area contributed by atoms with Gasteiger partial charge in [-0.25, -0.2) is 4.98 Å². The Kier molecular flexibility index (Phi) is 3.29. The molecule has 96 valence electrons. The van der Waals surface area contributed by atoms with Gasteiger partial charge in [-0.15, -0.1) is 0 Å². The van der Waals surface area contributed by atoms with Crippen molar-refractivity contribution in [1.29, 1.82) is 0 Å². The molecule has 3 rings (SSSR count). The summed E-state index contributed by atoms with van der Waals surface area (Å²) in [5.74, 6) is 0.798. The van der Waals surface area contributed by atoms with Gasteiger partial charge in [-0.05, 0) is 11.6 Å². The van der Waals surface area contributed by atoms with Gasteiger partial charge in [0.15, 0.2) is 20.8 Å². The second-order valence-electron chi connectivity index (χ2n) is 4.03. The fraction of sp³-hybridized carbons (Fsp3) is 0.500. The van der Waals surface area contributed by atoms with Gasteiger partial charge in [0.1, 0.15) is 0 Å². The molecule has 0 unspecified atom stereocenters. The predicted molar refractivity (Wildman–Crippen MR) is 77.1 cm³/mol. The molecule has 6 nitrogen and oxygen atoms in total. The molecule has 2 aromatic rings. The third-order valence-corrected chi connectivity index (χ3v) is 4.06. The smallest absolute Gasteiger partial charge is 0.226 e. The van der Waals surface area contributed by atoms with E-state index >= 15 is 0 Å². The Morgan fingerprint density at radius 1 is 1.22 bits per heavy atom. The zero-order valence-electron chi connectivity index (χ0n) is 9.73. The molecule has 0 bridgehead atoms. The number of aryl methyl sites for hydroxylation is 1. The van der Waals surface area contributed by atoms with Crippen molar-refractivity contribution in [3.8, 4) is 0 Å². The summed E-state index contributed by atoms with van der Waals surface area (Å²) in [6, 6.07) is 0. The van der Waals surface area contributed by atoms with Crippen LogP contribution >= 0.6 is 34.2 Å². The van der Waals surface area contributed by atoms with Crippen molar-refractivity contribution in [2.24, 2.45) is 7.05 Å². The number of halogens is 2. The Bertz CT molecular complexity index is 595. The van der Waals surface area contributed by atoms with Crippen LogP contribution in [0, 0.1) is 3.83 Å². The predicted octanol–water partition coefficient (Wildman–Crippen LogP) is 1.46. The van der Waals surface area contributed by atoms with Gasteiger partial charge in [0, 0.05) is 42.7 Å². The summed E-state index contributed by atoms with van der Waals surface area (Å²) in [4.78, 5) is 15.2. The summed E-state index contributed by atoms with van der Waals surface area (Å²) in [6.07, 6.45) is 0. The lowest BCUT2D eigenvalue weighted by molar-refractivity contribution is 0.122. The molecule has 0 amide bonds. The van der Waals surface area contributed by atoms with Crippen LogP contribution in [0.1, 0.15) is 0 Å². The van der Waals surface area contributed by atoms with Gasteiger partial charge < -0.3 is 14.2 Å². The number of ether oxygens (including phenoxy) is 1. The highest BCUT2D eigenvalue weighted by Gasteiger charge is 2.20. The highest BCUT2D eigenvalue weighted by atomic mass is 127. The van der Waals surface area contributed by atoms with E-state index in [-0.39, 0.29) is 5.28 Å². The monoisotopic (exact) mass is 379 g/mol. The lowest BCUT2D eigenvalue weighted by atomic mass is 10.4. The first-order valence-corrected chi connectivity index (χ1v) is 7.00. The molecule has 0 atom stereocenters. The lowest BCUT2D eigenvalue weighted by Crippen LogP contribution is -2.37. The molecular weight excluding hydrogens is 369 g/mol. The summed E-state index contributed by atoms with van der Waals surface area (Å²) >= 11 is 8.18. The van der Waals surface area contributed by atoms with Crippen LogP contribution in [-0.4, -0.2) is 45.8 Å². The van der Waals surface area contributed by atoms with E-state index < -0.39 is 0 Å². The molecule has 8 heteroatoms. The van der Waals surface area contributed by atoms with E-state index in [2.05, 4.69) is 42.4 Å². The summed E-state index contributed by atoms with van der Waals surface area (Å²) < 4.78 is 8.13. The number of hydrogen-bond donors (Lipinski definition) is 0. The van der Waals surface area contributed by atoms with E-state index in [0.717, 1.165) is 33.9 Å². The summed E-state index contributed by atoms with van der Waals surface area (Å²) in [5, 5.41) is 0.253. The van der Waals surface area contributed by atoms with Crippen molar-refractivity contribution < 1.29 is 4.74 Å². The van der Waals surface area contributed by atoms with E-state index in [4.69, 9.17) is 16.3 Å². The van der Waals surface area contributed by atoms with E-state index in [1.165, 1.54) is 0 Å². The van der Waals surface area contributed by atoms with E-state index in [9.17, 15) is 0 Å². The average Bonchev–Trinajstić information content (AvgIpc) is 2.66. The highest BCUT2D eigenvalue weighted by molar-refractivity contribution is 14.1. The number of nitrogens with zero attached hydrogens (tertiary/aromatic N) is 5. The minimum atomic E-state index is 0.253. The second-order valence-corrected chi connectivity index (χ2v) is 5.33. The number of anilines is 1. The van der Waals surface area contributed by atoms with Gasteiger partial charge in [-0.1, -0.05) is 0 Å². The zero-order valence-corrected chi connectivity index (χ0v) is 12.6. The Morgan fingerprint density at radius 3 is 2.67 bits per heavy atom. The molecule has 3 heterocycles. The van der Waals surface area contributed by atoms with Crippen LogP contribution in [-0.2, 0) is 11.8 Å². The van der Waals surface area contributed by atoms with E-state index in [0.29, 0.717) is 13.2 Å². The standard InChI is InChI=1S/C10H11ClIN5O/c1-16-7-6(13-10(16)12)8(15-9(11)14-7)17-2-4-18-5-3-17/h2-5H2,1H3. The fourth-order valence-corrected chi connectivity index (χ4v) is 2.62. The molecule has 1 aliphatic rings. The van der Waals surface area contributed by atoms with Crippen LogP contribution in [0.2, 0.25) is 5.28 Å². The number of rotatable bonds is 1. The molecule has 0 spiro atoms. The minimum absolute atomic E-state index is 0.253. The second kappa shape index (κ2) is 4.78. The van der Waals surface area contributed by atoms with Crippen LogP contribution in [0.15, 0.2) is 0 Å². The van der Waals surface area contributed by atoms with Gasteiger partial charge in [0.25, 0.3) is 0 Å². The summed E-state index contributed by atoms with van der Waals surface area (Å²) in [6.45, 7) is 3.01. The first-order valence-electron chi connectivity index (χ1n) is 5.55. The maximum absolute atomic E-state index is 6.00. The summed E-state index contributed by atoms with van der Waals surface area (Å²) in [5.41, 5.74) is 1.56. The highest BCUT2D eigenvalue weighted by Crippen LogP contribution is 2.26. The Morgan fingerprint density at radius 2 is 1.94 bits per heavy atom. The van der Waals surface area contributed by atoms with Crippen LogP contribution in [0.25, 0.3) is 11.2 Å². The molecule has 0 aromatic carbocycles. The number of morpholine rings is 1. The average molecular weight is 380 g/mol. The molecule has 0 radical (unpaired) electrons. The third-order valence-electron chi connectivity index (χ3n) is 2.93. The molecule has 0 saturated carbocycles. The Hall–Kier alpha value is -0.670. The molecule has 1 fully saturated rings. The fourth-order valence-electron chi connectivity index (χ4n) is 1.99. The SMILES string of the molecule is Cn1c(I)nc2c(N3CCOCC3)nc(Cl)nc21. The maximum Gasteiger partial charge on any atom is 0.226 e. The molecule has 1 saturated heterocycles. The van der Waals surface area contributed by atoms with Gasteiger partial charge in [-0.2, -0.15) is 9.97 Å². The van der Waals surface area contributed by atoms with Crippen molar-refractivity contribution in [2.45, 2.75) is 0 Å². The minimum Gasteiger partial charge on any atom is -0.378 e. The van der Waals surface area contributed by atoms with Crippen molar-refractivity contribution in [3.05, 3.63) is 9.11 Å². The zero-order chi connectivity index (χ0) is 12.7. The van der Waals surface area contributed by atoms with Gasteiger partial charge >= 0.3 is 0 Å². The molecule has 0 aliphatic carbocycles. The Balaban J connectivity index is 2.17. The molecule has 2 aromatic heterocycles. The lowest BCUT2D eigenvalue weighted by Gasteiger charge is -2.27. The normalized spacial score (nSPS) is 16.5. The number of fused-ring (bicyclic) bond motifs is 1. The van der Waals surface area contributed by atoms with Crippen LogP contribution in [0.4, 0.5) is 5.82 Å². The molecule has 0 N–H and O–H groups in total. The van der Waals surface area contributed by atoms with Crippen molar-refractivity contribution in [2.75, 3.05) is 31.2 Å². The molecule has 1 aliphatic heterocycles. The van der Waals surface area contributed by atoms with Crippen LogP contribution in [0.3, 0.4) is 0 Å². The van der Waals surface area contributed by atoms with Crippen LogP contribution < -0.4 is 4.90 Å². The largest absolute Gasteiger partial charge is 0.378 e. The first-order chi connectivity index (χ1) is 8.66. The topological polar surface area (TPSA) is 56.1 Å². The van der Waals surface area contributed by atoms with Gasteiger partial charge in [0.2, 0.25) is 5.28 Å². The van der Waals surface area contributed by atoms with Gasteiger partial charge in [-0.3, -0.25) is 0 Å². The number of hydrogen-bond acceptors (Lipinski definition) is 5. The Labute approximate surface area is 122 Å². The number of imidazole rings is 1. The van der Waals surface area contributed by atoms with Crippen molar-refractivity contribution >= 4 is 51.2 Å². The summed E-state index contributed by atoms with van der Waals surface area (Å²) in [7, 11) is 1.92. The van der Waals surface area contributed by atoms with Gasteiger partial charge in [0.05, 0.1) is 13.2 Å². The first kappa shape index (κ1) is 12.4. The number of aromatic nitrogens is 4. The van der Waals surface area contributed by atoms with Crippen LogP contribution in [0.5, 0.6) is 0 Å². The molecule has 18 heavy (non-hydrogen) atoms. The quantitative estimate of drug-likeness (QED) is 0.427. The maximum atomic E-state index is 6.00. The third kappa shape index (κ3) is 2.04.